The summed E-state index contributed by atoms with van der Waals surface area (Å²) in [6.07, 6.45) is -5.24. The van der Waals surface area contributed by atoms with Gasteiger partial charge in [0.15, 0.2) is 5.75 Å². The van der Waals surface area contributed by atoms with Gasteiger partial charge in [-0.1, -0.05) is 0 Å². The lowest BCUT2D eigenvalue weighted by Gasteiger charge is -2.11. The van der Waals surface area contributed by atoms with Crippen LogP contribution in [0.1, 0.15) is 0 Å². The molecule has 106 valence electrons. The summed E-state index contributed by atoms with van der Waals surface area (Å²) in [5.41, 5.74) is 0. The van der Waals surface area contributed by atoms with Gasteiger partial charge in [0.1, 0.15) is 0 Å². The first kappa shape index (κ1) is 15.8. The van der Waals surface area contributed by atoms with Crippen LogP contribution in [0.3, 0.4) is 0 Å². The van der Waals surface area contributed by atoms with Crippen molar-refractivity contribution < 1.29 is 31.2 Å². The first-order valence-electron chi connectivity index (χ1n) is 4.05. The smallest absolute Gasteiger partial charge is 0.404 e. The van der Waals surface area contributed by atoms with E-state index in [0.717, 1.165) is 0 Å². The maximum atomic E-state index is 12.1. The van der Waals surface area contributed by atoms with Crippen molar-refractivity contribution in [1.29, 1.82) is 0 Å². The van der Waals surface area contributed by atoms with Crippen LogP contribution in [-0.4, -0.2) is 24.7 Å². The molecular formula is C6H3F3IN3O5S. The van der Waals surface area contributed by atoms with E-state index in [1.165, 1.54) is 22.6 Å². The molecule has 19 heavy (non-hydrogen) atoms. The van der Waals surface area contributed by atoms with E-state index in [9.17, 15) is 31.7 Å². The van der Waals surface area contributed by atoms with Crippen LogP contribution in [0.15, 0.2) is 11.0 Å². The molecule has 8 nitrogen and oxygen atoms in total. The minimum Gasteiger partial charge on any atom is -0.404 e. The summed E-state index contributed by atoms with van der Waals surface area (Å²) in [6.45, 7) is 0. The molecule has 1 rings (SSSR count). The second-order valence-corrected chi connectivity index (χ2v) is 5.55. The quantitative estimate of drug-likeness (QED) is 0.343. The number of alkyl halides is 3. The van der Waals surface area contributed by atoms with Gasteiger partial charge < -0.3 is 14.9 Å². The number of nitrogens with zero attached hydrogens (tertiary/aromatic N) is 2. The Morgan fingerprint density at radius 3 is 2.37 bits per heavy atom. The Morgan fingerprint density at radius 1 is 1.47 bits per heavy atom. The monoisotopic (exact) mass is 413 g/mol. The zero-order valence-electron chi connectivity index (χ0n) is 8.51. The van der Waals surface area contributed by atoms with Crippen molar-refractivity contribution in [1.82, 2.24) is 4.98 Å². The average Bonchev–Trinajstić information content (AvgIpc) is 2.10. The van der Waals surface area contributed by atoms with Gasteiger partial charge in [0.25, 0.3) is 0 Å². The van der Waals surface area contributed by atoms with Gasteiger partial charge in [0, 0.05) is 28.7 Å². The molecule has 0 aliphatic rings. The van der Waals surface area contributed by atoms with E-state index >= 15 is 0 Å². The summed E-state index contributed by atoms with van der Waals surface area (Å²) < 4.78 is 61.8. The minimum atomic E-state index is -5.24. The van der Waals surface area contributed by atoms with E-state index < -0.39 is 37.8 Å². The Kier molecular flexibility index (Phi) is 4.20. The van der Waals surface area contributed by atoms with Crippen LogP contribution < -0.4 is 9.88 Å². The van der Waals surface area contributed by atoms with Gasteiger partial charge in [-0.3, -0.25) is 0 Å². The molecule has 0 fully saturated rings. The molecule has 0 saturated carbocycles. The van der Waals surface area contributed by atoms with E-state index in [-0.39, 0.29) is 3.70 Å². The Labute approximate surface area is 117 Å². The molecule has 0 atom stereocenters. The van der Waals surface area contributed by atoms with Crippen LogP contribution in [0.5, 0.6) is 5.75 Å². The predicted octanol–water partition coefficient (Wildman–Crippen LogP) is 1.14. The number of hydrogen-bond donors (Lipinski definition) is 1. The summed E-state index contributed by atoms with van der Waals surface area (Å²) >= 11 is 1.36. The Bertz CT molecular complexity index is 632. The third-order valence-electron chi connectivity index (χ3n) is 1.57. The number of sulfonamides is 1. The third kappa shape index (κ3) is 4.13. The first-order chi connectivity index (χ1) is 8.42. The number of nitrogens with two attached hydrogens (primary N) is 1. The number of hydrogen-bond acceptors (Lipinski definition) is 6. The lowest BCUT2D eigenvalue weighted by atomic mass is 10.4. The number of primary sulfonamides is 1. The molecule has 0 aliphatic carbocycles. The highest BCUT2D eigenvalue weighted by Crippen LogP contribution is 2.35. The van der Waals surface area contributed by atoms with Crippen molar-refractivity contribution in [2.45, 2.75) is 11.3 Å². The first-order valence-corrected chi connectivity index (χ1v) is 6.68. The van der Waals surface area contributed by atoms with Crippen molar-refractivity contribution in [3.8, 4) is 5.75 Å². The SMILES string of the molecule is NS(=O)(=O)c1c(OC(F)(F)F)cc(I)nc1[N+](=O)[O-]. The molecule has 0 unspecified atom stereocenters. The largest absolute Gasteiger partial charge is 0.573 e. The van der Waals surface area contributed by atoms with Crippen LogP contribution >= 0.6 is 22.6 Å². The molecule has 13 heteroatoms. The van der Waals surface area contributed by atoms with Crippen LogP contribution in [0.4, 0.5) is 19.0 Å². The van der Waals surface area contributed by atoms with Gasteiger partial charge in [0.2, 0.25) is 18.6 Å². The maximum absolute atomic E-state index is 12.1. The summed E-state index contributed by atoms with van der Waals surface area (Å²) in [4.78, 5) is 11.1. The summed E-state index contributed by atoms with van der Waals surface area (Å²) in [7, 11) is -4.83. The van der Waals surface area contributed by atoms with Crippen molar-refractivity contribution in [2.75, 3.05) is 0 Å². The van der Waals surface area contributed by atoms with Gasteiger partial charge in [-0.05, 0) is 9.91 Å². The van der Waals surface area contributed by atoms with Gasteiger partial charge in [0.05, 0.1) is 0 Å². The van der Waals surface area contributed by atoms with Crippen molar-refractivity contribution in [2.24, 2.45) is 5.14 Å². The molecule has 0 spiro atoms. The Morgan fingerprint density at radius 2 is 2.00 bits per heavy atom. The van der Waals surface area contributed by atoms with E-state index in [1.807, 2.05) is 0 Å². The Balaban J connectivity index is 3.66. The molecular weight excluding hydrogens is 410 g/mol. The van der Waals surface area contributed by atoms with Crippen LogP contribution in [0, 0.1) is 13.8 Å². The van der Waals surface area contributed by atoms with Gasteiger partial charge in [-0.25, -0.2) is 13.6 Å². The van der Waals surface area contributed by atoms with Gasteiger partial charge in [-0.15, -0.1) is 13.2 Å². The third-order valence-corrected chi connectivity index (χ3v) is 3.08. The predicted molar refractivity (Wildman–Crippen MR) is 61.7 cm³/mol. The van der Waals surface area contributed by atoms with E-state index in [4.69, 9.17) is 0 Å². The van der Waals surface area contributed by atoms with E-state index in [2.05, 4.69) is 14.9 Å². The van der Waals surface area contributed by atoms with Crippen LogP contribution in [0.2, 0.25) is 0 Å². The molecule has 1 aromatic heterocycles. The normalized spacial score (nSPS) is 12.3. The fraction of sp³-hybridized carbons (Fsp3) is 0.167. The Hall–Kier alpha value is -1.22. The highest BCUT2D eigenvalue weighted by Gasteiger charge is 2.38. The van der Waals surface area contributed by atoms with E-state index in [0.29, 0.717) is 6.07 Å². The zero-order chi connectivity index (χ0) is 15.0. The van der Waals surface area contributed by atoms with Crippen molar-refractivity contribution in [3.05, 3.63) is 19.9 Å². The number of nitro groups is 1. The second kappa shape index (κ2) is 5.04. The number of halogens is 4. The molecule has 1 aromatic rings. The lowest BCUT2D eigenvalue weighted by Crippen LogP contribution is -2.22. The van der Waals surface area contributed by atoms with Crippen LogP contribution in [-0.2, 0) is 10.0 Å². The van der Waals surface area contributed by atoms with Gasteiger partial charge in [-0.2, -0.15) is 0 Å². The standard InChI is InChI=1S/C6H3F3IN3O5S/c7-6(8,9)18-2-1-3(10)12-5(13(14)15)4(2)19(11,16)17/h1H,(H2,11,16,17). The van der Waals surface area contributed by atoms with Gasteiger partial charge >= 0.3 is 12.2 Å². The van der Waals surface area contributed by atoms with E-state index in [1.54, 1.807) is 0 Å². The number of aromatic nitrogens is 1. The number of ether oxygens (including phenoxy) is 1. The molecule has 0 bridgehead atoms. The number of rotatable bonds is 3. The van der Waals surface area contributed by atoms with Crippen LogP contribution in [0.25, 0.3) is 0 Å². The van der Waals surface area contributed by atoms with Crippen molar-refractivity contribution in [3.63, 3.8) is 0 Å². The molecule has 0 saturated heterocycles. The highest BCUT2D eigenvalue weighted by atomic mass is 127. The topological polar surface area (TPSA) is 125 Å². The lowest BCUT2D eigenvalue weighted by molar-refractivity contribution is -0.393. The van der Waals surface area contributed by atoms with Crippen molar-refractivity contribution >= 4 is 38.4 Å². The zero-order valence-corrected chi connectivity index (χ0v) is 11.5. The molecule has 0 aliphatic heterocycles. The maximum Gasteiger partial charge on any atom is 0.573 e. The molecule has 1 heterocycles. The number of pyridine rings is 1. The fourth-order valence-corrected chi connectivity index (χ4v) is 2.33. The molecule has 0 amide bonds. The minimum absolute atomic E-state index is 0.268. The fourth-order valence-electron chi connectivity index (χ4n) is 1.06. The average molecular weight is 413 g/mol. The molecule has 0 aromatic carbocycles. The molecule has 0 radical (unpaired) electrons. The molecule has 2 N–H and O–H groups in total. The highest BCUT2D eigenvalue weighted by molar-refractivity contribution is 14.1. The summed E-state index contributed by atoms with van der Waals surface area (Å²) in [6, 6.07) is 0.570. The summed E-state index contributed by atoms with van der Waals surface area (Å²) in [5, 5.41) is 15.3. The second-order valence-electron chi connectivity index (χ2n) is 2.95. The summed E-state index contributed by atoms with van der Waals surface area (Å²) in [5.74, 6) is -2.64.